The number of hydrogen-bond acceptors (Lipinski definition) is 2. The van der Waals surface area contributed by atoms with Gasteiger partial charge in [0.1, 0.15) is 0 Å². The van der Waals surface area contributed by atoms with Crippen LogP contribution in [0.15, 0.2) is 0 Å². The summed E-state index contributed by atoms with van der Waals surface area (Å²) in [7, 11) is 0. The lowest BCUT2D eigenvalue weighted by atomic mass is 10.0. The molecule has 0 aromatic carbocycles. The quantitative estimate of drug-likeness (QED) is 0.719. The number of carbonyl (C=O) groups excluding carboxylic acids is 1. The van der Waals surface area contributed by atoms with Crippen molar-refractivity contribution in [3.63, 3.8) is 0 Å². The minimum atomic E-state index is -0.509. The summed E-state index contributed by atoms with van der Waals surface area (Å²) in [4.78, 5) is 11.5. The molecular formula is C10H20BrNO2. The predicted molar refractivity (Wildman–Crippen MR) is 61.5 cm³/mol. The SMILES string of the molecule is CCC(CCO)CNC(=O)C(C)(C)Br. The fraction of sp³-hybridized carbons (Fsp3) is 0.900. The van der Waals surface area contributed by atoms with Crippen LogP contribution in [0, 0.1) is 5.92 Å². The van der Waals surface area contributed by atoms with Crippen molar-refractivity contribution >= 4 is 21.8 Å². The van der Waals surface area contributed by atoms with E-state index in [1.165, 1.54) is 0 Å². The van der Waals surface area contributed by atoms with Crippen LogP contribution in [0.4, 0.5) is 0 Å². The molecule has 0 aromatic heterocycles. The molecule has 14 heavy (non-hydrogen) atoms. The van der Waals surface area contributed by atoms with E-state index in [0.29, 0.717) is 12.5 Å². The van der Waals surface area contributed by atoms with E-state index in [1.807, 2.05) is 13.8 Å². The molecule has 0 spiro atoms. The van der Waals surface area contributed by atoms with Crippen LogP contribution in [0.1, 0.15) is 33.6 Å². The fourth-order valence-electron chi connectivity index (χ4n) is 1.08. The number of carbonyl (C=O) groups is 1. The molecule has 0 aromatic rings. The van der Waals surface area contributed by atoms with Gasteiger partial charge in [-0.1, -0.05) is 29.3 Å². The van der Waals surface area contributed by atoms with Gasteiger partial charge in [0, 0.05) is 13.2 Å². The molecule has 2 N–H and O–H groups in total. The Morgan fingerprint density at radius 3 is 2.50 bits per heavy atom. The summed E-state index contributed by atoms with van der Waals surface area (Å²) in [5.74, 6) is 0.368. The van der Waals surface area contributed by atoms with Crippen LogP contribution in [0.3, 0.4) is 0 Å². The number of aliphatic hydroxyl groups is 1. The zero-order chi connectivity index (χ0) is 11.2. The Morgan fingerprint density at radius 1 is 1.57 bits per heavy atom. The molecule has 1 unspecified atom stereocenters. The summed E-state index contributed by atoms with van der Waals surface area (Å²) in [6.07, 6.45) is 1.73. The maximum absolute atomic E-state index is 11.5. The number of nitrogens with one attached hydrogen (secondary N) is 1. The Balaban J connectivity index is 3.85. The molecular weight excluding hydrogens is 246 g/mol. The largest absolute Gasteiger partial charge is 0.396 e. The van der Waals surface area contributed by atoms with Crippen molar-refractivity contribution < 1.29 is 9.90 Å². The van der Waals surface area contributed by atoms with E-state index < -0.39 is 4.32 Å². The predicted octanol–water partition coefficient (Wildman–Crippen LogP) is 1.68. The zero-order valence-electron chi connectivity index (χ0n) is 9.14. The zero-order valence-corrected chi connectivity index (χ0v) is 10.7. The van der Waals surface area contributed by atoms with Gasteiger partial charge >= 0.3 is 0 Å². The Labute approximate surface area is 94.4 Å². The van der Waals surface area contributed by atoms with Crippen LogP contribution in [0.5, 0.6) is 0 Å². The highest BCUT2D eigenvalue weighted by atomic mass is 79.9. The van der Waals surface area contributed by atoms with E-state index >= 15 is 0 Å². The topological polar surface area (TPSA) is 49.3 Å². The summed E-state index contributed by atoms with van der Waals surface area (Å²) >= 11 is 3.29. The smallest absolute Gasteiger partial charge is 0.236 e. The third-order valence-corrected chi connectivity index (χ3v) is 2.57. The Morgan fingerprint density at radius 2 is 2.14 bits per heavy atom. The summed E-state index contributed by atoms with van der Waals surface area (Å²) < 4.78 is -0.509. The maximum atomic E-state index is 11.5. The van der Waals surface area contributed by atoms with E-state index in [-0.39, 0.29) is 12.5 Å². The summed E-state index contributed by atoms with van der Waals surface area (Å²) in [5.41, 5.74) is 0. The third-order valence-electron chi connectivity index (χ3n) is 2.21. The van der Waals surface area contributed by atoms with Gasteiger partial charge in [-0.25, -0.2) is 0 Å². The van der Waals surface area contributed by atoms with Crippen LogP contribution < -0.4 is 5.32 Å². The normalized spacial score (nSPS) is 13.8. The number of halogens is 1. The van der Waals surface area contributed by atoms with E-state index in [9.17, 15) is 4.79 Å². The van der Waals surface area contributed by atoms with Gasteiger partial charge in [-0.2, -0.15) is 0 Å². The van der Waals surface area contributed by atoms with Crippen molar-refractivity contribution in [3.05, 3.63) is 0 Å². The molecule has 0 saturated carbocycles. The number of aliphatic hydroxyl groups excluding tert-OH is 1. The van der Waals surface area contributed by atoms with Gasteiger partial charge in [-0.3, -0.25) is 4.79 Å². The fourth-order valence-corrected chi connectivity index (χ4v) is 1.22. The summed E-state index contributed by atoms with van der Waals surface area (Å²) in [6.45, 7) is 6.52. The number of amides is 1. The Kier molecular flexibility index (Phi) is 6.36. The van der Waals surface area contributed by atoms with Crippen LogP contribution in [-0.4, -0.2) is 28.5 Å². The minimum absolute atomic E-state index is 0.00566. The van der Waals surface area contributed by atoms with Crippen molar-refractivity contribution in [3.8, 4) is 0 Å². The first kappa shape index (κ1) is 13.9. The Hall–Kier alpha value is -0.0900. The molecule has 0 aliphatic heterocycles. The molecule has 3 nitrogen and oxygen atoms in total. The van der Waals surface area contributed by atoms with E-state index in [1.54, 1.807) is 0 Å². The van der Waals surface area contributed by atoms with Crippen LogP contribution in [-0.2, 0) is 4.79 Å². The van der Waals surface area contributed by atoms with Crippen molar-refractivity contribution in [2.45, 2.75) is 37.9 Å². The number of hydrogen-bond donors (Lipinski definition) is 2. The highest BCUT2D eigenvalue weighted by molar-refractivity contribution is 9.10. The lowest BCUT2D eigenvalue weighted by molar-refractivity contribution is -0.122. The molecule has 0 saturated heterocycles. The lowest BCUT2D eigenvalue weighted by Gasteiger charge is -2.19. The first-order valence-corrected chi connectivity index (χ1v) is 5.79. The molecule has 0 aliphatic carbocycles. The van der Waals surface area contributed by atoms with Crippen LogP contribution in [0.25, 0.3) is 0 Å². The first-order valence-electron chi connectivity index (χ1n) is 4.99. The molecule has 0 radical (unpaired) electrons. The highest BCUT2D eigenvalue weighted by Gasteiger charge is 2.23. The molecule has 0 heterocycles. The molecule has 0 aliphatic rings. The maximum Gasteiger partial charge on any atom is 0.236 e. The van der Waals surface area contributed by atoms with Gasteiger partial charge < -0.3 is 10.4 Å². The van der Waals surface area contributed by atoms with Crippen molar-refractivity contribution in [1.82, 2.24) is 5.32 Å². The number of rotatable bonds is 6. The van der Waals surface area contributed by atoms with Crippen molar-refractivity contribution in [2.75, 3.05) is 13.2 Å². The van der Waals surface area contributed by atoms with Gasteiger partial charge in [0.05, 0.1) is 4.32 Å². The molecule has 4 heteroatoms. The second kappa shape index (κ2) is 6.40. The molecule has 84 valence electrons. The Bertz CT molecular complexity index is 177. The summed E-state index contributed by atoms with van der Waals surface area (Å²) in [5, 5.41) is 11.6. The average molecular weight is 266 g/mol. The third kappa shape index (κ3) is 5.60. The van der Waals surface area contributed by atoms with E-state index in [4.69, 9.17) is 5.11 Å². The van der Waals surface area contributed by atoms with Crippen molar-refractivity contribution in [1.29, 1.82) is 0 Å². The lowest BCUT2D eigenvalue weighted by Crippen LogP contribution is -2.40. The monoisotopic (exact) mass is 265 g/mol. The first-order chi connectivity index (χ1) is 6.41. The molecule has 1 amide bonds. The summed E-state index contributed by atoms with van der Waals surface area (Å²) in [6, 6.07) is 0. The van der Waals surface area contributed by atoms with Crippen molar-refractivity contribution in [2.24, 2.45) is 5.92 Å². The van der Waals surface area contributed by atoms with E-state index in [2.05, 4.69) is 28.2 Å². The second-order valence-electron chi connectivity index (χ2n) is 3.97. The van der Waals surface area contributed by atoms with Gasteiger partial charge in [0.15, 0.2) is 0 Å². The highest BCUT2D eigenvalue weighted by Crippen LogP contribution is 2.15. The minimum Gasteiger partial charge on any atom is -0.396 e. The standard InChI is InChI=1S/C10H20BrNO2/c1-4-8(5-6-13)7-12-9(14)10(2,3)11/h8,13H,4-7H2,1-3H3,(H,12,14). The van der Waals surface area contributed by atoms with Gasteiger partial charge in [-0.15, -0.1) is 0 Å². The van der Waals surface area contributed by atoms with Crippen LogP contribution >= 0.6 is 15.9 Å². The molecule has 0 rings (SSSR count). The van der Waals surface area contributed by atoms with E-state index in [0.717, 1.165) is 12.8 Å². The van der Waals surface area contributed by atoms with Gasteiger partial charge in [-0.05, 0) is 26.2 Å². The number of alkyl halides is 1. The average Bonchev–Trinajstić information content (AvgIpc) is 2.10. The van der Waals surface area contributed by atoms with Crippen LogP contribution in [0.2, 0.25) is 0 Å². The molecule has 0 fully saturated rings. The van der Waals surface area contributed by atoms with Gasteiger partial charge in [0.25, 0.3) is 0 Å². The second-order valence-corrected chi connectivity index (χ2v) is 5.95. The molecule has 0 bridgehead atoms. The molecule has 1 atom stereocenters. The van der Waals surface area contributed by atoms with Gasteiger partial charge in [0.2, 0.25) is 5.91 Å².